The fourth-order valence-corrected chi connectivity index (χ4v) is 2.90. The maximum absolute atomic E-state index is 12.3. The number of halogens is 1. The molecule has 1 N–H and O–H groups in total. The van der Waals surface area contributed by atoms with E-state index in [9.17, 15) is 9.59 Å². The maximum Gasteiger partial charge on any atom is 0.315 e. The number of thiophene rings is 1. The molecule has 2 amide bonds. The van der Waals surface area contributed by atoms with Gasteiger partial charge in [-0.25, -0.2) is 0 Å². The molecule has 2 aromatic heterocycles. The molecule has 0 bridgehead atoms. The summed E-state index contributed by atoms with van der Waals surface area (Å²) in [7, 11) is 1.72. The summed E-state index contributed by atoms with van der Waals surface area (Å²) in [6.07, 6.45) is 3.25. The van der Waals surface area contributed by atoms with Crippen molar-refractivity contribution in [3.05, 3.63) is 46.3 Å². The van der Waals surface area contributed by atoms with Crippen molar-refractivity contribution in [2.45, 2.75) is 6.54 Å². The zero-order valence-electron chi connectivity index (χ0n) is 12.0. The van der Waals surface area contributed by atoms with Crippen LogP contribution in [0.1, 0.15) is 4.88 Å². The Morgan fingerprint density at radius 1 is 1.50 bits per heavy atom. The van der Waals surface area contributed by atoms with Crippen molar-refractivity contribution < 1.29 is 9.59 Å². The van der Waals surface area contributed by atoms with Gasteiger partial charge in [-0.15, -0.1) is 17.9 Å². The summed E-state index contributed by atoms with van der Waals surface area (Å²) in [6, 6.07) is 5.20. The van der Waals surface area contributed by atoms with Crippen molar-refractivity contribution in [2.24, 2.45) is 7.05 Å². The Kier molecular flexibility index (Phi) is 5.35. The van der Waals surface area contributed by atoms with Gasteiger partial charge in [0.1, 0.15) is 0 Å². The molecular formula is C14H15ClN4O2S. The first-order chi connectivity index (χ1) is 10.5. The highest BCUT2D eigenvalue weighted by atomic mass is 35.5. The molecule has 0 aromatic carbocycles. The zero-order chi connectivity index (χ0) is 16.1. The monoisotopic (exact) mass is 338 g/mol. The normalized spacial score (nSPS) is 10.3. The molecule has 2 heterocycles. The van der Waals surface area contributed by atoms with Crippen LogP contribution in [0.15, 0.2) is 37.1 Å². The van der Waals surface area contributed by atoms with Crippen LogP contribution in [0.2, 0.25) is 4.34 Å². The first kappa shape index (κ1) is 16.3. The number of nitrogens with zero attached hydrogens (tertiary/aromatic N) is 3. The Bertz CT molecular complexity index is 695. The summed E-state index contributed by atoms with van der Waals surface area (Å²) in [5, 5.41) is 6.48. The topological polar surface area (TPSA) is 67.2 Å². The van der Waals surface area contributed by atoms with E-state index in [2.05, 4.69) is 17.0 Å². The van der Waals surface area contributed by atoms with Crippen LogP contribution in [0.4, 0.5) is 5.82 Å². The van der Waals surface area contributed by atoms with Crippen LogP contribution in [0.3, 0.4) is 0 Å². The molecule has 0 fully saturated rings. The van der Waals surface area contributed by atoms with Crippen LogP contribution in [-0.4, -0.2) is 33.0 Å². The summed E-state index contributed by atoms with van der Waals surface area (Å²) < 4.78 is 2.17. The Labute approximate surface area is 137 Å². The quantitative estimate of drug-likeness (QED) is 0.672. The lowest BCUT2D eigenvalue weighted by Gasteiger charge is -2.19. The fourth-order valence-electron chi connectivity index (χ4n) is 1.80. The second-order valence-electron chi connectivity index (χ2n) is 4.51. The maximum atomic E-state index is 12.3. The predicted molar refractivity (Wildman–Crippen MR) is 86.8 cm³/mol. The average molecular weight is 339 g/mol. The lowest BCUT2D eigenvalue weighted by molar-refractivity contribution is -0.143. The van der Waals surface area contributed by atoms with Crippen LogP contribution in [0.5, 0.6) is 0 Å². The third-order valence-corrected chi connectivity index (χ3v) is 3.98. The Balaban J connectivity index is 2.04. The highest BCUT2D eigenvalue weighted by Gasteiger charge is 2.22. The average Bonchev–Trinajstić information content (AvgIpc) is 3.06. The molecule has 2 aromatic rings. The van der Waals surface area contributed by atoms with Gasteiger partial charge in [0.15, 0.2) is 5.82 Å². The van der Waals surface area contributed by atoms with E-state index >= 15 is 0 Å². The highest BCUT2D eigenvalue weighted by Crippen LogP contribution is 2.22. The van der Waals surface area contributed by atoms with Gasteiger partial charge < -0.3 is 10.2 Å². The Morgan fingerprint density at radius 3 is 2.82 bits per heavy atom. The summed E-state index contributed by atoms with van der Waals surface area (Å²) in [5.74, 6) is -1.04. The largest absolute Gasteiger partial charge is 0.326 e. The van der Waals surface area contributed by atoms with Crippen molar-refractivity contribution in [2.75, 3.05) is 11.9 Å². The van der Waals surface area contributed by atoms with Crippen molar-refractivity contribution >= 4 is 40.6 Å². The van der Waals surface area contributed by atoms with Gasteiger partial charge in [-0.1, -0.05) is 17.7 Å². The molecule has 6 nitrogen and oxygen atoms in total. The Morgan fingerprint density at radius 2 is 2.27 bits per heavy atom. The van der Waals surface area contributed by atoms with Gasteiger partial charge in [0.25, 0.3) is 0 Å². The van der Waals surface area contributed by atoms with Gasteiger partial charge in [0.2, 0.25) is 0 Å². The van der Waals surface area contributed by atoms with E-state index in [0.29, 0.717) is 16.7 Å². The Hall–Kier alpha value is -2.12. The minimum Gasteiger partial charge on any atom is -0.326 e. The molecule has 0 atom stereocenters. The molecule has 0 aliphatic carbocycles. The molecular weight excluding hydrogens is 324 g/mol. The van der Waals surface area contributed by atoms with Crippen LogP contribution in [-0.2, 0) is 23.2 Å². The SMILES string of the molecule is C=CCN(Cc1ccc(Cl)s1)C(=O)C(=O)Nc1ccn(C)n1. The molecule has 0 spiro atoms. The molecule has 0 radical (unpaired) electrons. The smallest absolute Gasteiger partial charge is 0.315 e. The fraction of sp³-hybridized carbons (Fsp3) is 0.214. The molecule has 0 saturated heterocycles. The second-order valence-corrected chi connectivity index (χ2v) is 6.31. The third kappa shape index (κ3) is 4.19. The number of hydrogen-bond donors (Lipinski definition) is 1. The number of carbonyl (C=O) groups excluding carboxylic acids is 2. The van der Waals surface area contributed by atoms with E-state index < -0.39 is 11.8 Å². The summed E-state index contributed by atoms with van der Waals surface area (Å²) in [6.45, 7) is 4.18. The molecule has 0 aliphatic rings. The van der Waals surface area contributed by atoms with Crippen molar-refractivity contribution in [1.82, 2.24) is 14.7 Å². The highest BCUT2D eigenvalue weighted by molar-refractivity contribution is 7.16. The first-order valence-electron chi connectivity index (χ1n) is 6.44. The van der Waals surface area contributed by atoms with Gasteiger partial charge in [-0.2, -0.15) is 5.10 Å². The van der Waals surface area contributed by atoms with Gasteiger partial charge in [-0.3, -0.25) is 14.3 Å². The van der Waals surface area contributed by atoms with Gasteiger partial charge in [0, 0.05) is 30.7 Å². The molecule has 0 unspecified atom stereocenters. The number of amides is 2. The summed E-state index contributed by atoms with van der Waals surface area (Å²) >= 11 is 7.25. The number of aryl methyl sites for hydroxylation is 1. The molecule has 0 saturated carbocycles. The minimum absolute atomic E-state index is 0.268. The third-order valence-electron chi connectivity index (χ3n) is 2.76. The lowest BCUT2D eigenvalue weighted by atomic mass is 10.3. The van der Waals surface area contributed by atoms with Crippen LogP contribution >= 0.6 is 22.9 Å². The number of rotatable bonds is 5. The van der Waals surface area contributed by atoms with Crippen molar-refractivity contribution in [3.8, 4) is 0 Å². The second kappa shape index (κ2) is 7.24. The number of carbonyl (C=O) groups is 2. The van der Waals surface area contributed by atoms with E-state index in [1.807, 2.05) is 6.07 Å². The van der Waals surface area contributed by atoms with Crippen LogP contribution in [0, 0.1) is 0 Å². The van der Waals surface area contributed by atoms with Gasteiger partial charge in [-0.05, 0) is 12.1 Å². The molecule has 2 rings (SSSR count). The summed E-state index contributed by atoms with van der Waals surface area (Å²) in [5.41, 5.74) is 0. The number of hydrogen-bond acceptors (Lipinski definition) is 4. The molecule has 8 heteroatoms. The van der Waals surface area contributed by atoms with E-state index in [-0.39, 0.29) is 6.54 Å². The molecule has 0 aliphatic heterocycles. The van der Waals surface area contributed by atoms with E-state index in [4.69, 9.17) is 11.6 Å². The standard InChI is InChI=1S/C14H15ClN4O2S/c1-3-7-19(9-10-4-5-11(15)22-10)14(21)13(20)16-12-6-8-18(2)17-12/h3-6,8H,1,7,9H2,2H3,(H,16,17,20). The zero-order valence-corrected chi connectivity index (χ0v) is 13.5. The van der Waals surface area contributed by atoms with Crippen LogP contribution < -0.4 is 5.32 Å². The van der Waals surface area contributed by atoms with E-state index in [1.54, 1.807) is 31.5 Å². The van der Waals surface area contributed by atoms with E-state index in [0.717, 1.165) is 4.88 Å². The van der Waals surface area contributed by atoms with Crippen molar-refractivity contribution in [1.29, 1.82) is 0 Å². The number of nitrogens with one attached hydrogen (secondary N) is 1. The van der Waals surface area contributed by atoms with Crippen LogP contribution in [0.25, 0.3) is 0 Å². The van der Waals surface area contributed by atoms with Crippen molar-refractivity contribution in [3.63, 3.8) is 0 Å². The lowest BCUT2D eigenvalue weighted by Crippen LogP contribution is -2.39. The summed E-state index contributed by atoms with van der Waals surface area (Å²) in [4.78, 5) is 26.6. The number of aromatic nitrogens is 2. The minimum atomic E-state index is -0.733. The predicted octanol–water partition coefficient (Wildman–Crippen LogP) is 2.29. The van der Waals surface area contributed by atoms with Gasteiger partial charge >= 0.3 is 11.8 Å². The van der Waals surface area contributed by atoms with Gasteiger partial charge in [0.05, 0.1) is 10.9 Å². The molecule has 22 heavy (non-hydrogen) atoms. The first-order valence-corrected chi connectivity index (χ1v) is 7.64. The van der Waals surface area contributed by atoms with E-state index in [1.165, 1.54) is 20.9 Å². The molecule has 116 valence electrons. The number of anilines is 1.